The van der Waals surface area contributed by atoms with E-state index in [1.807, 2.05) is 60.7 Å². The fraction of sp³-hybridized carbons (Fsp3) is 0.222. The minimum atomic E-state index is -0.728. The highest BCUT2D eigenvalue weighted by Crippen LogP contribution is 2.02. The molecule has 0 bridgehead atoms. The number of hydrogen-bond donors (Lipinski definition) is 0. The Morgan fingerprint density at radius 3 is 1.43 bits per heavy atom. The molecule has 0 fully saturated rings. The first-order chi connectivity index (χ1) is 11.2. The lowest BCUT2D eigenvalue weighted by atomic mass is 10.2. The van der Waals surface area contributed by atoms with Crippen LogP contribution in [0.2, 0.25) is 0 Å². The van der Waals surface area contributed by atoms with Crippen molar-refractivity contribution in [3.05, 3.63) is 71.8 Å². The van der Waals surface area contributed by atoms with Crippen LogP contribution in [0.5, 0.6) is 0 Å². The van der Waals surface area contributed by atoms with Crippen LogP contribution in [0.1, 0.15) is 11.1 Å². The van der Waals surface area contributed by atoms with Crippen LogP contribution in [0.4, 0.5) is 0 Å². The summed E-state index contributed by atoms with van der Waals surface area (Å²) in [5.74, 6) is -1.46. The van der Waals surface area contributed by atoms with Gasteiger partial charge in [0, 0.05) is 0 Å². The van der Waals surface area contributed by atoms with Gasteiger partial charge in [0.05, 0.1) is 13.2 Å². The Hall–Kier alpha value is -2.50. The molecule has 0 amide bonds. The molecule has 2 aromatic carbocycles. The number of carbonyl (C=O) groups excluding carboxylic acids is 2. The highest BCUT2D eigenvalue weighted by atomic mass is 16.6. The van der Waals surface area contributed by atoms with Gasteiger partial charge in [0.2, 0.25) is 0 Å². The van der Waals surface area contributed by atoms with Gasteiger partial charge in [0.25, 0.3) is 0 Å². The summed E-state index contributed by atoms with van der Waals surface area (Å²) >= 11 is 0. The Kier molecular flexibility index (Phi) is 6.97. The third-order valence-corrected chi connectivity index (χ3v) is 2.89. The molecular weight excluding hydrogens is 296 g/mol. The summed E-state index contributed by atoms with van der Waals surface area (Å²) in [6.45, 7) is 0.0158. The van der Waals surface area contributed by atoms with Gasteiger partial charge in [-0.25, -0.2) is 9.59 Å². The van der Waals surface area contributed by atoms with E-state index in [0.29, 0.717) is 0 Å². The highest BCUT2D eigenvalue weighted by Gasteiger charge is 2.11. The molecule has 0 saturated heterocycles. The molecule has 0 aliphatic carbocycles. The predicted molar refractivity (Wildman–Crippen MR) is 83.3 cm³/mol. The summed E-state index contributed by atoms with van der Waals surface area (Å²) in [6.07, 6.45) is 0. The molecule has 23 heavy (non-hydrogen) atoms. The zero-order valence-corrected chi connectivity index (χ0v) is 12.6. The molecule has 0 saturated carbocycles. The summed E-state index contributed by atoms with van der Waals surface area (Å²) in [6, 6.07) is 18.8. The van der Waals surface area contributed by atoms with E-state index in [0.717, 1.165) is 11.1 Å². The van der Waals surface area contributed by atoms with Gasteiger partial charge in [-0.2, -0.15) is 0 Å². The highest BCUT2D eigenvalue weighted by molar-refractivity contribution is 5.86. The van der Waals surface area contributed by atoms with Crippen LogP contribution < -0.4 is 0 Å². The van der Waals surface area contributed by atoms with Crippen molar-refractivity contribution < 1.29 is 23.8 Å². The molecule has 0 N–H and O–H groups in total. The fourth-order valence-corrected chi connectivity index (χ4v) is 1.84. The van der Waals surface area contributed by atoms with Gasteiger partial charge < -0.3 is 14.2 Å². The van der Waals surface area contributed by atoms with Crippen LogP contribution in [0.15, 0.2) is 60.7 Å². The number of carbonyl (C=O) groups is 2. The second kappa shape index (κ2) is 9.50. The smallest absolute Gasteiger partial charge is 0.339 e. The van der Waals surface area contributed by atoms with Gasteiger partial charge >= 0.3 is 11.9 Å². The van der Waals surface area contributed by atoms with Crippen LogP contribution >= 0.6 is 0 Å². The molecule has 2 rings (SSSR count). The van der Waals surface area contributed by atoms with Crippen LogP contribution in [0.25, 0.3) is 0 Å². The van der Waals surface area contributed by atoms with Gasteiger partial charge in [-0.05, 0) is 11.1 Å². The first-order valence-corrected chi connectivity index (χ1v) is 7.21. The number of benzene rings is 2. The summed E-state index contributed by atoms with van der Waals surface area (Å²) in [4.78, 5) is 22.9. The lowest BCUT2D eigenvalue weighted by Gasteiger charge is -2.06. The molecule has 0 unspecified atom stereocenters. The topological polar surface area (TPSA) is 61.8 Å². The summed E-state index contributed by atoms with van der Waals surface area (Å²) < 4.78 is 15.0. The summed E-state index contributed by atoms with van der Waals surface area (Å²) in [5, 5.41) is 0. The van der Waals surface area contributed by atoms with Crippen LogP contribution in [-0.2, 0) is 37.0 Å². The van der Waals surface area contributed by atoms with E-state index in [1.54, 1.807) is 0 Å². The minimum Gasteiger partial charge on any atom is -0.390 e. The molecule has 0 aliphatic rings. The first-order valence-electron chi connectivity index (χ1n) is 7.21. The van der Waals surface area contributed by atoms with Crippen LogP contribution in [0, 0.1) is 0 Å². The number of esters is 2. The second-order valence-electron chi connectivity index (χ2n) is 4.80. The fourth-order valence-electron chi connectivity index (χ4n) is 1.84. The molecule has 5 heteroatoms. The van der Waals surface area contributed by atoms with Gasteiger partial charge in [-0.15, -0.1) is 0 Å². The van der Waals surface area contributed by atoms with Gasteiger partial charge in [-0.1, -0.05) is 60.7 Å². The van der Waals surface area contributed by atoms with Gasteiger partial charge in [-0.3, -0.25) is 0 Å². The molecule has 0 heterocycles. The van der Waals surface area contributed by atoms with Crippen molar-refractivity contribution in [2.45, 2.75) is 13.2 Å². The third kappa shape index (κ3) is 6.86. The van der Waals surface area contributed by atoms with Gasteiger partial charge in [0.1, 0.15) is 13.2 Å². The molecule has 2 aromatic rings. The van der Waals surface area contributed by atoms with E-state index >= 15 is 0 Å². The van der Waals surface area contributed by atoms with E-state index in [4.69, 9.17) is 9.47 Å². The van der Waals surface area contributed by atoms with Crippen LogP contribution in [0.3, 0.4) is 0 Å². The number of hydrogen-bond acceptors (Lipinski definition) is 5. The van der Waals surface area contributed by atoms with E-state index in [2.05, 4.69) is 4.74 Å². The SMILES string of the molecule is O=C(COCc1ccccc1)OC(=O)COCc1ccccc1. The lowest BCUT2D eigenvalue weighted by molar-refractivity contribution is -0.166. The first kappa shape index (κ1) is 16.9. The average Bonchev–Trinajstić information content (AvgIpc) is 2.57. The molecule has 0 aromatic heterocycles. The molecule has 0 aliphatic heterocycles. The number of rotatable bonds is 8. The van der Waals surface area contributed by atoms with Crippen molar-refractivity contribution in [1.29, 1.82) is 0 Å². The second-order valence-corrected chi connectivity index (χ2v) is 4.80. The standard InChI is InChI=1S/C18H18O5/c19-17(13-21-11-15-7-3-1-4-8-15)23-18(20)14-22-12-16-9-5-2-6-10-16/h1-10H,11-14H2. The minimum absolute atomic E-state index is 0.278. The van der Waals surface area contributed by atoms with Crippen molar-refractivity contribution in [3.63, 3.8) is 0 Å². The van der Waals surface area contributed by atoms with Crippen molar-refractivity contribution in [3.8, 4) is 0 Å². The molecule has 5 nitrogen and oxygen atoms in total. The Labute approximate surface area is 134 Å². The lowest BCUT2D eigenvalue weighted by Crippen LogP contribution is -2.21. The number of ether oxygens (including phenoxy) is 3. The van der Waals surface area contributed by atoms with E-state index in [-0.39, 0.29) is 26.4 Å². The molecule has 0 atom stereocenters. The average molecular weight is 314 g/mol. The molecular formula is C18H18O5. The van der Waals surface area contributed by atoms with E-state index in [9.17, 15) is 9.59 Å². The largest absolute Gasteiger partial charge is 0.390 e. The molecule has 0 spiro atoms. The van der Waals surface area contributed by atoms with E-state index in [1.165, 1.54) is 0 Å². The van der Waals surface area contributed by atoms with E-state index < -0.39 is 11.9 Å². The molecule has 120 valence electrons. The normalized spacial score (nSPS) is 10.3. The summed E-state index contributed by atoms with van der Waals surface area (Å²) in [5.41, 5.74) is 1.88. The molecule has 0 radical (unpaired) electrons. The van der Waals surface area contributed by atoms with Crippen molar-refractivity contribution in [1.82, 2.24) is 0 Å². The summed E-state index contributed by atoms with van der Waals surface area (Å²) in [7, 11) is 0. The van der Waals surface area contributed by atoms with Crippen molar-refractivity contribution in [2.24, 2.45) is 0 Å². The van der Waals surface area contributed by atoms with Crippen molar-refractivity contribution in [2.75, 3.05) is 13.2 Å². The third-order valence-electron chi connectivity index (χ3n) is 2.89. The van der Waals surface area contributed by atoms with Crippen molar-refractivity contribution >= 4 is 11.9 Å². The Morgan fingerprint density at radius 2 is 1.04 bits per heavy atom. The predicted octanol–water partition coefficient (Wildman–Crippen LogP) is 2.49. The maximum Gasteiger partial charge on any atom is 0.339 e. The van der Waals surface area contributed by atoms with Gasteiger partial charge in [0.15, 0.2) is 0 Å². The quantitative estimate of drug-likeness (QED) is 0.553. The Morgan fingerprint density at radius 1 is 0.652 bits per heavy atom. The van der Waals surface area contributed by atoms with Crippen LogP contribution in [-0.4, -0.2) is 25.2 Å². The maximum absolute atomic E-state index is 11.5. The zero-order valence-electron chi connectivity index (χ0n) is 12.6. The monoisotopic (exact) mass is 314 g/mol. The Balaban J connectivity index is 1.58. The zero-order chi connectivity index (χ0) is 16.3. The maximum atomic E-state index is 11.5. The Bertz CT molecular complexity index is 554.